The van der Waals surface area contributed by atoms with Crippen LogP contribution in [-0.2, 0) is 12.7 Å². The lowest BCUT2D eigenvalue weighted by atomic mass is 10.0. The van der Waals surface area contributed by atoms with Crippen LogP contribution < -0.4 is 5.56 Å². The van der Waals surface area contributed by atoms with Gasteiger partial charge in [0.15, 0.2) is 0 Å². The lowest BCUT2D eigenvalue weighted by molar-refractivity contribution is -0.137. The zero-order chi connectivity index (χ0) is 21.3. The van der Waals surface area contributed by atoms with E-state index in [1.54, 1.807) is 24.3 Å². The lowest BCUT2D eigenvalue weighted by Gasteiger charge is -2.18. The van der Waals surface area contributed by atoms with Gasteiger partial charge in [0, 0.05) is 4.47 Å². The van der Waals surface area contributed by atoms with Gasteiger partial charge in [0.05, 0.1) is 17.8 Å². The zero-order valence-corrected chi connectivity index (χ0v) is 17.2. The fourth-order valence-electron chi connectivity index (χ4n) is 3.19. The molecule has 3 aromatic rings. The molecule has 0 atom stereocenters. The summed E-state index contributed by atoms with van der Waals surface area (Å²) < 4.78 is 42.6. The Morgan fingerprint density at radius 1 is 1.07 bits per heavy atom. The molecule has 0 aliphatic carbocycles. The third-order valence-electron chi connectivity index (χ3n) is 4.68. The molecule has 1 heterocycles. The Morgan fingerprint density at radius 2 is 1.72 bits per heavy atom. The molecule has 0 bridgehead atoms. The predicted octanol–water partition coefficient (Wildman–Crippen LogP) is 5.83. The zero-order valence-electron chi connectivity index (χ0n) is 15.6. The van der Waals surface area contributed by atoms with Gasteiger partial charge in [-0.25, -0.2) is 0 Å². The monoisotopic (exact) mass is 460 g/mol. The maximum absolute atomic E-state index is 13.5. The summed E-state index contributed by atoms with van der Waals surface area (Å²) in [6.07, 6.45) is -4.81. The van der Waals surface area contributed by atoms with E-state index in [1.165, 1.54) is 10.6 Å². The van der Waals surface area contributed by atoms with Crippen molar-refractivity contribution in [3.05, 3.63) is 91.2 Å². The summed E-state index contributed by atoms with van der Waals surface area (Å²) in [6.45, 7) is 3.87. The number of nitrogens with zero attached hydrogens (tertiary/aromatic N) is 2. The first-order valence-corrected chi connectivity index (χ1v) is 9.48. The van der Waals surface area contributed by atoms with Gasteiger partial charge in [-0.1, -0.05) is 51.8 Å². The summed E-state index contributed by atoms with van der Waals surface area (Å²) in [4.78, 5) is 12.9. The Balaban J connectivity index is 2.31. The lowest BCUT2D eigenvalue weighted by Crippen LogP contribution is -2.29. The molecular weight excluding hydrogens is 445 g/mol. The summed E-state index contributed by atoms with van der Waals surface area (Å²) in [5.41, 5.74) is 0.218. The first kappa shape index (κ1) is 20.9. The van der Waals surface area contributed by atoms with Gasteiger partial charge < -0.3 is 4.57 Å². The van der Waals surface area contributed by atoms with E-state index in [-0.39, 0.29) is 12.2 Å². The number of aromatic nitrogens is 1. The number of nitriles is 1. The molecule has 0 spiro atoms. The second kappa shape index (κ2) is 7.88. The van der Waals surface area contributed by atoms with E-state index in [0.29, 0.717) is 5.56 Å². The van der Waals surface area contributed by atoms with Gasteiger partial charge in [-0.3, -0.25) is 4.79 Å². The van der Waals surface area contributed by atoms with E-state index in [9.17, 15) is 23.2 Å². The molecular formula is C22H16BrF3N2O. The number of benzene rings is 2. The van der Waals surface area contributed by atoms with Crippen LogP contribution in [0.25, 0.3) is 11.3 Å². The van der Waals surface area contributed by atoms with E-state index in [4.69, 9.17) is 0 Å². The Morgan fingerprint density at radius 3 is 2.28 bits per heavy atom. The topological polar surface area (TPSA) is 45.8 Å². The highest BCUT2D eigenvalue weighted by Crippen LogP contribution is 2.34. The summed E-state index contributed by atoms with van der Waals surface area (Å²) in [5, 5.41) is 9.27. The molecule has 3 rings (SSSR count). The van der Waals surface area contributed by atoms with Gasteiger partial charge >= 0.3 is 6.18 Å². The van der Waals surface area contributed by atoms with Gasteiger partial charge in [0.1, 0.15) is 11.6 Å². The van der Waals surface area contributed by atoms with Crippen molar-refractivity contribution in [2.45, 2.75) is 26.6 Å². The number of hydrogen-bond acceptors (Lipinski definition) is 2. The number of hydrogen-bond donors (Lipinski definition) is 0. The Hall–Kier alpha value is -2.85. The SMILES string of the molecule is Cc1ccc(Cn2c(-c3ccc(Br)cc3)cc(C(F)(F)F)c(C#N)c2=O)c(C)c1. The number of alkyl halides is 3. The Bertz CT molecular complexity index is 1170. The van der Waals surface area contributed by atoms with Crippen LogP contribution in [0, 0.1) is 25.2 Å². The molecule has 0 aliphatic heterocycles. The highest BCUT2D eigenvalue weighted by molar-refractivity contribution is 9.10. The van der Waals surface area contributed by atoms with Gasteiger partial charge in [0.2, 0.25) is 0 Å². The first-order valence-electron chi connectivity index (χ1n) is 8.69. The molecule has 29 heavy (non-hydrogen) atoms. The van der Waals surface area contributed by atoms with Gasteiger partial charge in [0.25, 0.3) is 5.56 Å². The average molecular weight is 461 g/mol. The minimum atomic E-state index is -4.81. The molecule has 1 aromatic heterocycles. The minimum absolute atomic E-state index is 0.0587. The normalized spacial score (nSPS) is 11.3. The molecule has 0 fully saturated rings. The van der Waals surface area contributed by atoms with Gasteiger partial charge in [-0.2, -0.15) is 18.4 Å². The minimum Gasteiger partial charge on any atom is -0.303 e. The molecule has 0 saturated carbocycles. The van der Waals surface area contributed by atoms with Crippen LogP contribution in [0.4, 0.5) is 13.2 Å². The third kappa shape index (κ3) is 4.28. The maximum Gasteiger partial charge on any atom is 0.417 e. The van der Waals surface area contributed by atoms with Crippen LogP contribution in [0.15, 0.2) is 57.8 Å². The number of halogens is 4. The predicted molar refractivity (Wildman–Crippen MR) is 109 cm³/mol. The van der Waals surface area contributed by atoms with Crippen molar-refractivity contribution in [1.82, 2.24) is 4.57 Å². The van der Waals surface area contributed by atoms with Crippen molar-refractivity contribution >= 4 is 15.9 Å². The molecule has 0 N–H and O–H groups in total. The number of aryl methyl sites for hydroxylation is 2. The molecule has 2 aromatic carbocycles. The molecule has 0 unspecified atom stereocenters. The first-order chi connectivity index (χ1) is 13.6. The van der Waals surface area contributed by atoms with Crippen molar-refractivity contribution < 1.29 is 13.2 Å². The van der Waals surface area contributed by atoms with Crippen LogP contribution in [0.1, 0.15) is 27.8 Å². The molecule has 0 saturated heterocycles. The summed E-state index contributed by atoms with van der Waals surface area (Å²) in [5.74, 6) is 0. The Labute approximate surface area is 174 Å². The van der Waals surface area contributed by atoms with Gasteiger partial charge in [-0.15, -0.1) is 0 Å². The number of pyridine rings is 1. The largest absolute Gasteiger partial charge is 0.417 e. The van der Waals surface area contributed by atoms with E-state index in [0.717, 1.165) is 27.2 Å². The second-order valence-electron chi connectivity index (χ2n) is 6.76. The summed E-state index contributed by atoms with van der Waals surface area (Å²) in [6, 6.07) is 14.6. The summed E-state index contributed by atoms with van der Waals surface area (Å²) >= 11 is 3.30. The fraction of sp³-hybridized carbons (Fsp3) is 0.182. The quantitative estimate of drug-likeness (QED) is 0.493. The van der Waals surface area contributed by atoms with Crippen LogP contribution in [0.2, 0.25) is 0 Å². The molecule has 0 aliphatic rings. The van der Waals surface area contributed by atoms with E-state index in [1.807, 2.05) is 32.0 Å². The van der Waals surface area contributed by atoms with Crippen molar-refractivity contribution in [2.75, 3.05) is 0 Å². The smallest absolute Gasteiger partial charge is 0.303 e. The second-order valence-corrected chi connectivity index (χ2v) is 7.67. The van der Waals surface area contributed by atoms with Crippen molar-refractivity contribution in [3.63, 3.8) is 0 Å². The van der Waals surface area contributed by atoms with Gasteiger partial charge in [-0.05, 0) is 48.7 Å². The highest BCUT2D eigenvalue weighted by atomic mass is 79.9. The highest BCUT2D eigenvalue weighted by Gasteiger charge is 2.36. The molecule has 148 valence electrons. The van der Waals surface area contributed by atoms with E-state index < -0.39 is 22.9 Å². The van der Waals surface area contributed by atoms with Crippen molar-refractivity contribution in [2.24, 2.45) is 0 Å². The van der Waals surface area contributed by atoms with Crippen molar-refractivity contribution in [1.29, 1.82) is 5.26 Å². The van der Waals surface area contributed by atoms with Crippen LogP contribution in [-0.4, -0.2) is 4.57 Å². The third-order valence-corrected chi connectivity index (χ3v) is 5.21. The maximum atomic E-state index is 13.5. The van der Waals surface area contributed by atoms with Crippen LogP contribution >= 0.6 is 15.9 Å². The standard InChI is InChI=1S/C22H16BrF3N2O/c1-13-3-4-16(14(2)9-13)12-28-20(15-5-7-17(23)8-6-15)10-19(22(24,25)26)18(11-27)21(28)29/h3-10H,12H2,1-2H3. The van der Waals surface area contributed by atoms with E-state index in [2.05, 4.69) is 15.9 Å². The molecule has 0 radical (unpaired) electrons. The summed E-state index contributed by atoms with van der Waals surface area (Å²) in [7, 11) is 0. The molecule has 3 nitrogen and oxygen atoms in total. The fourth-order valence-corrected chi connectivity index (χ4v) is 3.45. The van der Waals surface area contributed by atoms with E-state index >= 15 is 0 Å². The van der Waals surface area contributed by atoms with Crippen LogP contribution in [0.3, 0.4) is 0 Å². The Kier molecular flexibility index (Phi) is 5.67. The van der Waals surface area contributed by atoms with Crippen molar-refractivity contribution in [3.8, 4) is 17.3 Å². The molecule has 0 amide bonds. The van der Waals surface area contributed by atoms with Crippen LogP contribution in [0.5, 0.6) is 0 Å². The number of rotatable bonds is 3. The molecule has 7 heteroatoms. The average Bonchev–Trinajstić information content (AvgIpc) is 2.64.